The van der Waals surface area contributed by atoms with Crippen molar-refractivity contribution in [2.45, 2.75) is 30.1 Å². The Hall–Kier alpha value is -2.74. The van der Waals surface area contributed by atoms with Crippen molar-refractivity contribution in [1.82, 2.24) is 9.80 Å². The molecule has 7 heteroatoms. The first-order valence-electron chi connectivity index (χ1n) is 10.9. The number of hydrogen-bond acceptors (Lipinski definition) is 5. The van der Waals surface area contributed by atoms with E-state index in [4.69, 9.17) is 9.47 Å². The number of amides is 2. The molecule has 2 aliphatic heterocycles. The lowest BCUT2D eigenvalue weighted by Gasteiger charge is -2.50. The van der Waals surface area contributed by atoms with Gasteiger partial charge >= 0.3 is 0 Å². The molecule has 32 heavy (non-hydrogen) atoms. The molecule has 2 aromatic rings. The third-order valence-corrected chi connectivity index (χ3v) is 6.69. The maximum atomic E-state index is 12.6. The van der Waals surface area contributed by atoms with Gasteiger partial charge in [0, 0.05) is 14.2 Å². The average Bonchev–Trinajstić information content (AvgIpc) is 2.74. The van der Waals surface area contributed by atoms with Gasteiger partial charge in [-0.05, 0) is 11.1 Å². The summed E-state index contributed by atoms with van der Waals surface area (Å²) in [4.78, 5) is 28.5. The van der Waals surface area contributed by atoms with Crippen LogP contribution >= 0.6 is 0 Å². The molecular formula is C25H30N2O5. The molecule has 0 unspecified atom stereocenters. The predicted octanol–water partition coefficient (Wildman–Crippen LogP) is 1.90. The highest BCUT2D eigenvalue weighted by Crippen LogP contribution is 2.37. The lowest BCUT2D eigenvalue weighted by molar-refractivity contribution is -0.169. The van der Waals surface area contributed by atoms with Crippen molar-refractivity contribution in [1.29, 1.82) is 0 Å². The summed E-state index contributed by atoms with van der Waals surface area (Å²) in [6.45, 7) is 1.75. The summed E-state index contributed by atoms with van der Waals surface area (Å²) >= 11 is 0. The van der Waals surface area contributed by atoms with Gasteiger partial charge in [0.05, 0.1) is 45.1 Å². The Labute approximate surface area is 188 Å². The van der Waals surface area contributed by atoms with Crippen LogP contribution < -0.4 is 0 Å². The highest BCUT2D eigenvalue weighted by atomic mass is 16.5. The summed E-state index contributed by atoms with van der Waals surface area (Å²) in [7, 11) is 3.29. The minimum Gasteiger partial charge on any atom is -0.392 e. The number of aliphatic hydroxyl groups excluding tert-OH is 1. The highest BCUT2D eigenvalue weighted by Gasteiger charge is 2.48. The quantitative estimate of drug-likeness (QED) is 0.681. The molecule has 2 heterocycles. The first-order chi connectivity index (χ1) is 15.4. The van der Waals surface area contributed by atoms with Crippen LogP contribution in [0, 0.1) is 0 Å². The van der Waals surface area contributed by atoms with Crippen LogP contribution in [0.5, 0.6) is 0 Å². The maximum Gasteiger partial charge on any atom is 0.225 e. The van der Waals surface area contributed by atoms with Gasteiger partial charge in [0.15, 0.2) is 0 Å². The molecule has 0 spiro atoms. The fraction of sp³-hybridized carbons (Fsp3) is 0.440. The summed E-state index contributed by atoms with van der Waals surface area (Å²) in [6.07, 6.45) is -1.18. The summed E-state index contributed by atoms with van der Waals surface area (Å²) in [5.74, 6) is -0.346. The SMILES string of the molecule is COC1(c2ccccc2)CN(C(=O)CC(O)CC(=O)N2CC(OC)(c3ccccc3)C2)C1. The summed E-state index contributed by atoms with van der Waals surface area (Å²) < 4.78 is 11.4. The van der Waals surface area contributed by atoms with Gasteiger partial charge in [-0.25, -0.2) is 0 Å². The van der Waals surface area contributed by atoms with Gasteiger partial charge in [-0.2, -0.15) is 0 Å². The van der Waals surface area contributed by atoms with Crippen molar-refractivity contribution in [2.24, 2.45) is 0 Å². The first-order valence-corrected chi connectivity index (χ1v) is 10.9. The molecule has 0 bridgehead atoms. The normalized spacial score (nSPS) is 18.8. The van der Waals surface area contributed by atoms with Crippen LogP contribution in [0.4, 0.5) is 0 Å². The lowest BCUT2D eigenvalue weighted by atomic mass is 9.85. The summed E-state index contributed by atoms with van der Waals surface area (Å²) in [5, 5.41) is 10.4. The smallest absolute Gasteiger partial charge is 0.225 e. The number of rotatable bonds is 8. The molecule has 0 radical (unpaired) electrons. The van der Waals surface area contributed by atoms with Crippen molar-refractivity contribution < 1.29 is 24.2 Å². The number of likely N-dealkylation sites (tertiary alicyclic amines) is 2. The van der Waals surface area contributed by atoms with E-state index in [1.807, 2.05) is 60.7 Å². The van der Waals surface area contributed by atoms with E-state index in [2.05, 4.69) is 0 Å². The molecule has 0 saturated carbocycles. The van der Waals surface area contributed by atoms with E-state index in [1.54, 1.807) is 24.0 Å². The Bertz CT molecular complexity index is 860. The van der Waals surface area contributed by atoms with E-state index >= 15 is 0 Å². The number of nitrogens with zero attached hydrogens (tertiary/aromatic N) is 2. The number of benzene rings is 2. The molecule has 2 saturated heterocycles. The fourth-order valence-electron chi connectivity index (χ4n) is 4.57. The maximum absolute atomic E-state index is 12.6. The predicted molar refractivity (Wildman–Crippen MR) is 119 cm³/mol. The van der Waals surface area contributed by atoms with Gasteiger partial charge in [0.2, 0.25) is 11.8 Å². The second-order valence-electron chi connectivity index (χ2n) is 8.69. The van der Waals surface area contributed by atoms with Crippen molar-refractivity contribution in [3.05, 3.63) is 71.8 Å². The van der Waals surface area contributed by atoms with Gasteiger partial charge in [0.25, 0.3) is 0 Å². The third kappa shape index (κ3) is 4.16. The molecule has 7 nitrogen and oxygen atoms in total. The zero-order chi connectivity index (χ0) is 22.8. The molecular weight excluding hydrogens is 408 g/mol. The number of methoxy groups -OCH3 is 2. The van der Waals surface area contributed by atoms with Crippen LogP contribution in [0.15, 0.2) is 60.7 Å². The number of carbonyl (C=O) groups is 2. The Morgan fingerprint density at radius 1 is 0.781 bits per heavy atom. The van der Waals surface area contributed by atoms with Crippen LogP contribution in [0.1, 0.15) is 24.0 Å². The van der Waals surface area contributed by atoms with Crippen molar-refractivity contribution in [2.75, 3.05) is 40.4 Å². The Morgan fingerprint density at radius 3 is 1.44 bits per heavy atom. The Balaban J connectivity index is 1.25. The van der Waals surface area contributed by atoms with E-state index in [0.29, 0.717) is 26.2 Å². The number of carbonyl (C=O) groups excluding carboxylic acids is 2. The minimum atomic E-state index is -1.02. The van der Waals surface area contributed by atoms with Crippen LogP contribution in [0.25, 0.3) is 0 Å². The molecule has 2 fully saturated rings. The van der Waals surface area contributed by atoms with E-state index in [9.17, 15) is 14.7 Å². The van der Waals surface area contributed by atoms with E-state index < -0.39 is 17.3 Å². The standard InChI is InChI=1S/C25H30N2O5/c1-31-24(19-9-5-3-6-10-19)15-26(16-24)22(29)13-21(28)14-23(30)27-17-25(18-27,32-2)20-11-7-4-8-12-20/h3-12,21,28H,13-18H2,1-2H3. The lowest BCUT2D eigenvalue weighted by Crippen LogP contribution is -2.63. The highest BCUT2D eigenvalue weighted by molar-refractivity contribution is 5.81. The molecule has 4 rings (SSSR count). The topological polar surface area (TPSA) is 79.3 Å². The second-order valence-corrected chi connectivity index (χ2v) is 8.69. The van der Waals surface area contributed by atoms with Gasteiger partial charge in [-0.15, -0.1) is 0 Å². The largest absolute Gasteiger partial charge is 0.392 e. The second kappa shape index (κ2) is 9.02. The molecule has 1 N–H and O–H groups in total. The van der Waals surface area contributed by atoms with Crippen molar-refractivity contribution in [3.63, 3.8) is 0 Å². The molecule has 0 aromatic heterocycles. The van der Waals surface area contributed by atoms with E-state index in [1.165, 1.54) is 0 Å². The van der Waals surface area contributed by atoms with Crippen LogP contribution in [-0.4, -0.2) is 73.2 Å². The molecule has 2 aromatic carbocycles. The molecule has 0 aliphatic carbocycles. The fourth-order valence-corrected chi connectivity index (χ4v) is 4.57. The van der Waals surface area contributed by atoms with Crippen molar-refractivity contribution in [3.8, 4) is 0 Å². The number of hydrogen-bond donors (Lipinski definition) is 1. The van der Waals surface area contributed by atoms with Gasteiger partial charge < -0.3 is 24.4 Å². The van der Waals surface area contributed by atoms with Gasteiger partial charge in [0.1, 0.15) is 11.2 Å². The monoisotopic (exact) mass is 438 g/mol. The van der Waals surface area contributed by atoms with Crippen LogP contribution in [0.2, 0.25) is 0 Å². The molecule has 0 atom stereocenters. The summed E-state index contributed by atoms with van der Waals surface area (Å²) in [5.41, 5.74) is 1.05. The van der Waals surface area contributed by atoms with Crippen LogP contribution in [0.3, 0.4) is 0 Å². The van der Waals surface area contributed by atoms with Gasteiger partial charge in [-0.3, -0.25) is 9.59 Å². The zero-order valence-corrected chi connectivity index (χ0v) is 18.6. The minimum absolute atomic E-state index is 0.0811. The third-order valence-electron chi connectivity index (χ3n) is 6.69. The van der Waals surface area contributed by atoms with Gasteiger partial charge in [-0.1, -0.05) is 60.7 Å². The molecule has 170 valence electrons. The molecule has 2 aliphatic rings. The first kappa shape index (κ1) is 22.5. The van der Waals surface area contributed by atoms with Crippen molar-refractivity contribution >= 4 is 11.8 Å². The van der Waals surface area contributed by atoms with E-state index in [0.717, 1.165) is 11.1 Å². The number of ether oxygens (including phenoxy) is 2. The van der Waals surface area contributed by atoms with Crippen LogP contribution in [-0.2, 0) is 30.3 Å². The molecule has 2 amide bonds. The summed E-state index contributed by atoms with van der Waals surface area (Å²) in [6, 6.07) is 19.6. The average molecular weight is 439 g/mol. The number of aliphatic hydroxyl groups is 1. The zero-order valence-electron chi connectivity index (χ0n) is 18.6. The Morgan fingerprint density at radius 2 is 1.12 bits per heavy atom. The van der Waals surface area contributed by atoms with E-state index in [-0.39, 0.29) is 24.7 Å². The Kier molecular flexibility index (Phi) is 6.33.